The molecule has 0 aliphatic rings. The number of hydrogen-bond donors (Lipinski definition) is 0. The predicted octanol–water partition coefficient (Wildman–Crippen LogP) is 10.6. The van der Waals surface area contributed by atoms with Crippen LogP contribution in [0.2, 0.25) is 0 Å². The second-order valence-corrected chi connectivity index (χ2v) is 12.5. The maximum Gasteiger partial charge on any atom is 0.235 e. The first-order valence-electron chi connectivity index (χ1n) is 16.1. The van der Waals surface area contributed by atoms with Crippen molar-refractivity contribution in [2.45, 2.75) is 0 Å². The molecule has 0 aliphatic heterocycles. The molecular formula is C43H23N5. The molecule has 0 radical (unpaired) electrons. The zero-order valence-corrected chi connectivity index (χ0v) is 25.5. The standard InChI is InChI=1S/C43H23N5/c44-24-25-17-19-27(20-18-25)39-31-13-3-6-14-35(31)45-43(46-39)48-37-16-8-5-12-30(37)34-23-33-29-11-4-7-15-36(29)47-40-28-10-2-1-9-26(28)21-22-32(40)38(41(33)47)42(34)48/h1-23H. The van der Waals surface area contributed by atoms with Gasteiger partial charge in [-0.05, 0) is 41.8 Å². The van der Waals surface area contributed by atoms with Crippen molar-refractivity contribution in [3.05, 3.63) is 145 Å². The molecule has 0 saturated carbocycles. The molecule has 0 fully saturated rings. The SMILES string of the molecule is N#Cc1ccc(-c2nc(-n3c4ccccc4c4cc5c6ccccc6n6c7c8ccccc8ccc7c(c43)c56)nc3ccccc23)cc1. The minimum atomic E-state index is 0.617. The number of hydrogen-bond acceptors (Lipinski definition) is 3. The molecule has 0 unspecified atom stereocenters. The van der Waals surface area contributed by atoms with Crippen LogP contribution in [0.1, 0.15) is 5.56 Å². The summed E-state index contributed by atoms with van der Waals surface area (Å²) in [6.07, 6.45) is 0. The summed E-state index contributed by atoms with van der Waals surface area (Å²) in [5, 5.41) is 20.1. The summed E-state index contributed by atoms with van der Waals surface area (Å²) in [7, 11) is 0. The summed E-state index contributed by atoms with van der Waals surface area (Å²) in [6, 6.07) is 51.0. The third kappa shape index (κ3) is 3.18. The molecule has 0 spiro atoms. The Labute approximate surface area is 273 Å². The maximum atomic E-state index is 9.46. The van der Waals surface area contributed by atoms with E-state index in [-0.39, 0.29) is 0 Å². The van der Waals surface area contributed by atoms with Gasteiger partial charge in [-0.3, -0.25) is 4.57 Å². The topological polar surface area (TPSA) is 58.9 Å². The van der Waals surface area contributed by atoms with Gasteiger partial charge in [0.15, 0.2) is 0 Å². The van der Waals surface area contributed by atoms with E-state index < -0.39 is 0 Å². The van der Waals surface area contributed by atoms with E-state index in [0.29, 0.717) is 11.5 Å². The molecule has 5 heteroatoms. The molecule has 4 heterocycles. The van der Waals surface area contributed by atoms with Crippen molar-refractivity contribution >= 4 is 81.6 Å². The normalized spacial score (nSPS) is 12.1. The van der Waals surface area contributed by atoms with Gasteiger partial charge in [-0.2, -0.15) is 5.26 Å². The van der Waals surface area contributed by atoms with Crippen LogP contribution in [0, 0.1) is 11.3 Å². The molecule has 11 rings (SSSR count). The van der Waals surface area contributed by atoms with Gasteiger partial charge in [-0.15, -0.1) is 0 Å². The van der Waals surface area contributed by atoms with E-state index in [1.54, 1.807) is 0 Å². The van der Waals surface area contributed by atoms with Crippen LogP contribution in [0.4, 0.5) is 0 Å². The van der Waals surface area contributed by atoms with Gasteiger partial charge >= 0.3 is 0 Å². The van der Waals surface area contributed by atoms with Crippen LogP contribution in [0.15, 0.2) is 140 Å². The molecule has 0 N–H and O–H groups in total. The third-order valence-electron chi connectivity index (χ3n) is 10.1. The monoisotopic (exact) mass is 609 g/mol. The smallest absolute Gasteiger partial charge is 0.235 e. The molecule has 7 aromatic carbocycles. The van der Waals surface area contributed by atoms with E-state index in [4.69, 9.17) is 9.97 Å². The minimum Gasteiger partial charge on any atom is -0.307 e. The van der Waals surface area contributed by atoms with Crippen LogP contribution >= 0.6 is 0 Å². The minimum absolute atomic E-state index is 0.617. The van der Waals surface area contributed by atoms with Gasteiger partial charge in [0.2, 0.25) is 5.95 Å². The van der Waals surface area contributed by atoms with E-state index in [0.717, 1.165) is 38.6 Å². The number of benzene rings is 7. The largest absolute Gasteiger partial charge is 0.307 e. The Balaban J connectivity index is 1.38. The highest BCUT2D eigenvalue weighted by atomic mass is 15.2. The van der Waals surface area contributed by atoms with E-state index >= 15 is 0 Å². The average molecular weight is 610 g/mol. The first kappa shape index (κ1) is 25.4. The average Bonchev–Trinajstić information content (AvgIpc) is 3.79. The van der Waals surface area contributed by atoms with Crippen molar-refractivity contribution in [2.24, 2.45) is 0 Å². The lowest BCUT2D eigenvalue weighted by molar-refractivity contribution is 1.02. The molecule has 0 amide bonds. The second-order valence-electron chi connectivity index (χ2n) is 12.5. The number of aromatic nitrogens is 4. The predicted molar refractivity (Wildman–Crippen MR) is 196 cm³/mol. The Kier molecular flexibility index (Phi) is 4.85. The fourth-order valence-corrected chi connectivity index (χ4v) is 8.05. The first-order valence-corrected chi connectivity index (χ1v) is 16.1. The zero-order valence-electron chi connectivity index (χ0n) is 25.5. The van der Waals surface area contributed by atoms with E-state index in [1.165, 1.54) is 54.3 Å². The van der Waals surface area contributed by atoms with Crippen LogP contribution in [0.3, 0.4) is 0 Å². The summed E-state index contributed by atoms with van der Waals surface area (Å²) < 4.78 is 4.74. The quantitative estimate of drug-likeness (QED) is 0.196. The molecule has 5 nitrogen and oxygen atoms in total. The van der Waals surface area contributed by atoms with Gasteiger partial charge in [0.1, 0.15) is 0 Å². The van der Waals surface area contributed by atoms with Crippen molar-refractivity contribution in [3.8, 4) is 23.3 Å². The lowest BCUT2D eigenvalue weighted by atomic mass is 10.0. The van der Waals surface area contributed by atoms with Crippen LogP contribution in [-0.4, -0.2) is 18.9 Å². The molecule has 11 aromatic rings. The summed E-state index contributed by atoms with van der Waals surface area (Å²) in [5.41, 5.74) is 9.06. The number of para-hydroxylation sites is 3. The third-order valence-corrected chi connectivity index (χ3v) is 10.1. The van der Waals surface area contributed by atoms with Gasteiger partial charge in [-0.1, -0.05) is 103 Å². The molecule has 0 saturated heterocycles. The molecule has 220 valence electrons. The second kappa shape index (κ2) is 9.16. The van der Waals surface area contributed by atoms with Gasteiger partial charge in [0, 0.05) is 48.7 Å². The molecule has 0 bridgehead atoms. The summed E-state index contributed by atoms with van der Waals surface area (Å²) in [6.45, 7) is 0. The Morgan fingerprint density at radius 2 is 1.17 bits per heavy atom. The van der Waals surface area contributed by atoms with Gasteiger partial charge in [-0.25, -0.2) is 9.97 Å². The Bertz CT molecular complexity index is 3170. The molecular weight excluding hydrogens is 587 g/mol. The summed E-state index contributed by atoms with van der Waals surface area (Å²) in [5.74, 6) is 0.617. The lowest BCUT2D eigenvalue weighted by Gasteiger charge is -2.12. The first-order chi connectivity index (χ1) is 23.8. The number of nitriles is 1. The van der Waals surface area contributed by atoms with Crippen molar-refractivity contribution in [3.63, 3.8) is 0 Å². The fraction of sp³-hybridized carbons (Fsp3) is 0. The molecule has 0 aliphatic carbocycles. The number of nitrogens with zero attached hydrogens (tertiary/aromatic N) is 5. The van der Waals surface area contributed by atoms with E-state index in [1.807, 2.05) is 36.4 Å². The van der Waals surface area contributed by atoms with Crippen molar-refractivity contribution in [2.75, 3.05) is 0 Å². The van der Waals surface area contributed by atoms with Crippen molar-refractivity contribution < 1.29 is 0 Å². The summed E-state index contributed by atoms with van der Waals surface area (Å²) >= 11 is 0. The van der Waals surface area contributed by atoms with Gasteiger partial charge in [0.05, 0.1) is 50.4 Å². The van der Waals surface area contributed by atoms with Crippen LogP contribution in [-0.2, 0) is 0 Å². The highest BCUT2D eigenvalue weighted by Crippen LogP contribution is 2.47. The van der Waals surface area contributed by atoms with E-state index in [2.05, 4.69) is 118 Å². The lowest BCUT2D eigenvalue weighted by Crippen LogP contribution is -2.03. The fourth-order valence-electron chi connectivity index (χ4n) is 8.05. The summed E-state index contributed by atoms with van der Waals surface area (Å²) in [4.78, 5) is 10.6. The van der Waals surface area contributed by atoms with Gasteiger partial charge < -0.3 is 4.40 Å². The van der Waals surface area contributed by atoms with Crippen molar-refractivity contribution in [1.29, 1.82) is 5.26 Å². The van der Waals surface area contributed by atoms with Gasteiger partial charge in [0.25, 0.3) is 0 Å². The molecule has 0 atom stereocenters. The Morgan fingerprint density at radius 1 is 0.500 bits per heavy atom. The van der Waals surface area contributed by atoms with Crippen LogP contribution in [0.5, 0.6) is 0 Å². The van der Waals surface area contributed by atoms with Crippen LogP contribution < -0.4 is 0 Å². The Morgan fingerprint density at radius 3 is 1.98 bits per heavy atom. The highest BCUT2D eigenvalue weighted by molar-refractivity contribution is 6.36. The highest BCUT2D eigenvalue weighted by Gasteiger charge is 2.26. The van der Waals surface area contributed by atoms with Crippen LogP contribution in [0.25, 0.3) is 98.8 Å². The number of rotatable bonds is 2. The molecule has 4 aromatic heterocycles. The maximum absolute atomic E-state index is 9.46. The molecule has 48 heavy (non-hydrogen) atoms. The number of fused-ring (bicyclic) bond motifs is 13. The van der Waals surface area contributed by atoms with E-state index in [9.17, 15) is 5.26 Å². The van der Waals surface area contributed by atoms with Crippen molar-refractivity contribution in [1.82, 2.24) is 18.9 Å². The zero-order chi connectivity index (χ0) is 31.5. The Hall–Kier alpha value is -6.77.